The molecule has 0 spiro atoms. The van der Waals surface area contributed by atoms with Crippen LogP contribution in [-0.4, -0.2) is 45.5 Å². The Balaban J connectivity index is 1.51. The molecule has 3 N–H and O–H groups in total. The molecule has 2 aliphatic rings. The zero-order chi connectivity index (χ0) is 24.0. The van der Waals surface area contributed by atoms with Crippen LogP contribution in [0.3, 0.4) is 0 Å². The Morgan fingerprint density at radius 1 is 1.24 bits per heavy atom. The van der Waals surface area contributed by atoms with Crippen LogP contribution in [-0.2, 0) is 12.3 Å². The second-order valence-electron chi connectivity index (χ2n) is 9.13. The van der Waals surface area contributed by atoms with Crippen molar-refractivity contribution in [2.75, 3.05) is 18.4 Å². The quantitative estimate of drug-likeness (QED) is 0.522. The highest BCUT2D eigenvalue weighted by Crippen LogP contribution is 2.40. The Hall–Kier alpha value is -3.17. The summed E-state index contributed by atoms with van der Waals surface area (Å²) < 4.78 is 34.4. The second kappa shape index (κ2) is 8.56. The van der Waals surface area contributed by atoms with Crippen molar-refractivity contribution in [1.29, 1.82) is 0 Å². The van der Waals surface area contributed by atoms with Gasteiger partial charge in [0.25, 0.3) is 5.92 Å². The van der Waals surface area contributed by atoms with Crippen LogP contribution in [0, 0.1) is 13.8 Å². The zero-order valence-corrected chi connectivity index (χ0v) is 19.3. The Bertz CT molecular complexity index is 1250. The zero-order valence-electron chi connectivity index (χ0n) is 19.3. The molecule has 1 aromatic carbocycles. The first-order chi connectivity index (χ1) is 16.2. The highest BCUT2D eigenvalue weighted by Gasteiger charge is 2.33. The van der Waals surface area contributed by atoms with Crippen LogP contribution < -0.4 is 10.6 Å². The maximum atomic E-state index is 14.5. The van der Waals surface area contributed by atoms with Crippen LogP contribution in [0.1, 0.15) is 47.2 Å². The minimum atomic E-state index is -3.10. The van der Waals surface area contributed by atoms with Crippen molar-refractivity contribution < 1.29 is 18.4 Å². The molecule has 3 aromatic rings. The number of aliphatic hydroxyl groups is 1. The summed E-state index contributed by atoms with van der Waals surface area (Å²) in [4.78, 5) is 8.70. The lowest BCUT2D eigenvalue weighted by Crippen LogP contribution is -2.46. The van der Waals surface area contributed by atoms with Gasteiger partial charge in [-0.15, -0.1) is 0 Å². The molecule has 0 bridgehead atoms. The number of nitrogens with one attached hydrogen (secondary N) is 2. The number of benzene rings is 1. The van der Waals surface area contributed by atoms with Gasteiger partial charge < -0.3 is 20.3 Å². The van der Waals surface area contributed by atoms with Crippen molar-refractivity contribution in [3.63, 3.8) is 0 Å². The highest BCUT2D eigenvalue weighted by atomic mass is 19.3. The van der Waals surface area contributed by atoms with Gasteiger partial charge >= 0.3 is 0 Å². The third-order valence-electron chi connectivity index (χ3n) is 6.42. The summed E-state index contributed by atoms with van der Waals surface area (Å²) in [5.41, 5.74) is 5.33. The average Bonchev–Trinajstić information content (AvgIpc) is 3.35. The van der Waals surface area contributed by atoms with Gasteiger partial charge in [0.2, 0.25) is 5.95 Å². The number of aliphatic hydroxyl groups excluding tert-OH is 1. The number of rotatable bonds is 5. The highest BCUT2D eigenvalue weighted by molar-refractivity contribution is 5.86. The average molecular weight is 468 g/mol. The van der Waals surface area contributed by atoms with Gasteiger partial charge in [0, 0.05) is 43.4 Å². The van der Waals surface area contributed by atoms with Crippen LogP contribution in [0.25, 0.3) is 16.7 Å². The third-order valence-corrected chi connectivity index (χ3v) is 6.42. The number of hydrogen-bond donors (Lipinski definition) is 3. The largest absolute Gasteiger partial charge is 0.392 e. The van der Waals surface area contributed by atoms with Crippen LogP contribution >= 0.6 is 0 Å². The summed E-state index contributed by atoms with van der Waals surface area (Å²) in [6.45, 7) is 5.80. The standard InChI is InChI=1S/C25H27F2N5O2/c1-13-22(14(2)34-32-13)16-5-6-19-15(8-16)4-7-20(19)23-21(25(3,26)27)12-29-24(31-23)30-17-9-18(33)11-28-10-17/h5-8,12,17-18,28,33H,4,9-11H2,1-3H3,(H,29,30,31)/t17-,18+/m0/s1. The van der Waals surface area contributed by atoms with Crippen molar-refractivity contribution >= 4 is 11.5 Å². The molecule has 2 aromatic heterocycles. The number of anilines is 1. The first kappa shape index (κ1) is 22.6. The molecule has 1 saturated heterocycles. The van der Waals surface area contributed by atoms with E-state index in [1.807, 2.05) is 32.1 Å². The molecular weight excluding hydrogens is 440 g/mol. The van der Waals surface area contributed by atoms with E-state index >= 15 is 0 Å². The lowest BCUT2D eigenvalue weighted by atomic mass is 9.95. The maximum absolute atomic E-state index is 14.5. The normalized spacial score (nSPS) is 20.2. The lowest BCUT2D eigenvalue weighted by molar-refractivity contribution is 0.0165. The molecular formula is C25H27F2N5O2. The summed E-state index contributed by atoms with van der Waals surface area (Å²) in [7, 11) is 0. The van der Waals surface area contributed by atoms with E-state index in [2.05, 4.69) is 31.8 Å². The Labute approximate surface area is 196 Å². The number of alkyl halides is 2. The van der Waals surface area contributed by atoms with Gasteiger partial charge in [-0.2, -0.15) is 0 Å². The van der Waals surface area contributed by atoms with Gasteiger partial charge in [-0.05, 0) is 43.4 Å². The fourth-order valence-corrected chi connectivity index (χ4v) is 4.81. The minimum absolute atomic E-state index is 0.0907. The van der Waals surface area contributed by atoms with Gasteiger partial charge in [-0.1, -0.05) is 29.4 Å². The number of allylic oxidation sites excluding steroid dienone is 1. The maximum Gasteiger partial charge on any atom is 0.274 e. The molecule has 0 unspecified atom stereocenters. The van der Waals surface area contributed by atoms with Gasteiger partial charge in [-0.3, -0.25) is 0 Å². The number of aromatic nitrogens is 3. The molecule has 0 radical (unpaired) electrons. The van der Waals surface area contributed by atoms with E-state index in [1.165, 1.54) is 6.20 Å². The van der Waals surface area contributed by atoms with Gasteiger partial charge in [0.1, 0.15) is 5.76 Å². The molecule has 0 amide bonds. The SMILES string of the molecule is Cc1noc(C)c1-c1ccc2c(c1)CC=C2c1nc(N[C@@H]2CNC[C@H](O)C2)ncc1C(C)(F)F. The van der Waals surface area contributed by atoms with Crippen molar-refractivity contribution in [1.82, 2.24) is 20.4 Å². The first-order valence-corrected chi connectivity index (χ1v) is 11.4. The minimum Gasteiger partial charge on any atom is -0.392 e. The summed E-state index contributed by atoms with van der Waals surface area (Å²) in [6, 6.07) is 5.88. The van der Waals surface area contributed by atoms with E-state index in [-0.39, 0.29) is 23.2 Å². The number of hydrogen-bond acceptors (Lipinski definition) is 7. The van der Waals surface area contributed by atoms with E-state index < -0.39 is 12.0 Å². The number of fused-ring (bicyclic) bond motifs is 1. The van der Waals surface area contributed by atoms with Crippen molar-refractivity contribution in [3.05, 3.63) is 64.3 Å². The van der Waals surface area contributed by atoms with Crippen molar-refractivity contribution in [2.45, 2.75) is 51.7 Å². The van der Waals surface area contributed by atoms with Crippen LogP contribution in [0.4, 0.5) is 14.7 Å². The van der Waals surface area contributed by atoms with E-state index in [9.17, 15) is 13.9 Å². The molecule has 1 aliphatic heterocycles. The number of piperidine rings is 1. The Kier molecular flexibility index (Phi) is 5.69. The summed E-state index contributed by atoms with van der Waals surface area (Å²) in [6.07, 6.45) is 3.82. The topological polar surface area (TPSA) is 96.1 Å². The molecule has 178 valence electrons. The van der Waals surface area contributed by atoms with Gasteiger partial charge in [-0.25, -0.2) is 18.7 Å². The van der Waals surface area contributed by atoms with E-state index in [0.717, 1.165) is 40.6 Å². The number of aryl methyl sites for hydroxylation is 2. The predicted octanol–water partition coefficient (Wildman–Crippen LogP) is 3.98. The van der Waals surface area contributed by atoms with Gasteiger partial charge in [0.15, 0.2) is 0 Å². The smallest absolute Gasteiger partial charge is 0.274 e. The number of nitrogens with zero attached hydrogens (tertiary/aromatic N) is 3. The van der Waals surface area contributed by atoms with E-state index in [0.29, 0.717) is 31.5 Å². The monoisotopic (exact) mass is 467 g/mol. The molecule has 34 heavy (non-hydrogen) atoms. The second-order valence-corrected chi connectivity index (χ2v) is 9.13. The van der Waals surface area contributed by atoms with Crippen molar-refractivity contribution in [2.24, 2.45) is 0 Å². The van der Waals surface area contributed by atoms with Gasteiger partial charge in [0.05, 0.1) is 23.1 Å². The summed E-state index contributed by atoms with van der Waals surface area (Å²) >= 11 is 0. The lowest BCUT2D eigenvalue weighted by Gasteiger charge is -2.28. The molecule has 0 saturated carbocycles. The molecule has 5 rings (SSSR count). The van der Waals surface area contributed by atoms with Crippen LogP contribution in [0.15, 0.2) is 35.0 Å². The molecule has 1 aliphatic carbocycles. The Morgan fingerprint density at radius 3 is 2.76 bits per heavy atom. The fourth-order valence-electron chi connectivity index (χ4n) is 4.81. The predicted molar refractivity (Wildman–Crippen MR) is 125 cm³/mol. The third kappa shape index (κ3) is 4.21. The van der Waals surface area contributed by atoms with Crippen molar-refractivity contribution in [3.8, 4) is 11.1 Å². The fraction of sp³-hybridized carbons (Fsp3) is 0.400. The van der Waals surface area contributed by atoms with E-state index in [4.69, 9.17) is 4.52 Å². The Morgan fingerprint density at radius 2 is 2.06 bits per heavy atom. The summed E-state index contributed by atoms with van der Waals surface area (Å²) in [5.74, 6) is -2.09. The molecule has 3 heterocycles. The molecule has 7 nitrogen and oxygen atoms in total. The summed E-state index contributed by atoms with van der Waals surface area (Å²) in [5, 5.41) is 20.3. The van der Waals surface area contributed by atoms with Crippen LogP contribution in [0.5, 0.6) is 0 Å². The molecule has 1 fully saturated rings. The number of halogens is 2. The molecule has 2 atom stereocenters. The first-order valence-electron chi connectivity index (χ1n) is 11.4. The van der Waals surface area contributed by atoms with E-state index in [1.54, 1.807) is 0 Å². The number of β-amino-alcohol motifs (C(OH)–C–C–N with tert-alkyl or cyclic N) is 1. The van der Waals surface area contributed by atoms with Crippen LogP contribution in [0.2, 0.25) is 0 Å². The molecule has 9 heteroatoms.